The van der Waals surface area contributed by atoms with Gasteiger partial charge in [-0.25, -0.2) is 0 Å². The average Bonchev–Trinajstić information content (AvgIpc) is 3.21. The maximum Gasteiger partial charge on any atom is 0.228 e. The van der Waals surface area contributed by atoms with Gasteiger partial charge in [0.25, 0.3) is 0 Å². The van der Waals surface area contributed by atoms with Crippen molar-refractivity contribution in [1.29, 1.82) is 0 Å². The Morgan fingerprint density at radius 3 is 2.48 bits per heavy atom. The quantitative estimate of drug-likeness (QED) is 0.616. The second-order valence-electron chi connectivity index (χ2n) is 7.59. The number of anilines is 1. The molecule has 0 saturated carbocycles. The van der Waals surface area contributed by atoms with Gasteiger partial charge in [0.15, 0.2) is 0 Å². The molecule has 2 amide bonds. The number of ether oxygens (including phenoxy) is 1. The third-order valence-corrected chi connectivity index (χ3v) is 5.67. The van der Waals surface area contributed by atoms with Crippen LogP contribution in [0.5, 0.6) is 5.75 Å². The van der Waals surface area contributed by atoms with E-state index in [1.54, 1.807) is 30.2 Å². The predicted molar refractivity (Wildman–Crippen MR) is 119 cm³/mol. The van der Waals surface area contributed by atoms with Crippen molar-refractivity contribution in [3.05, 3.63) is 90.3 Å². The van der Waals surface area contributed by atoms with E-state index >= 15 is 0 Å². The summed E-state index contributed by atoms with van der Waals surface area (Å²) in [5.74, 6) is 0.0286. The number of pyridine rings is 1. The fourth-order valence-electron chi connectivity index (χ4n) is 4.14. The number of hydrogen-bond acceptors (Lipinski definition) is 4. The smallest absolute Gasteiger partial charge is 0.228 e. The fraction of sp³-hybridized carbons (Fsp3) is 0.240. The summed E-state index contributed by atoms with van der Waals surface area (Å²) in [6, 6.07) is 22.6. The molecule has 0 aliphatic carbocycles. The van der Waals surface area contributed by atoms with E-state index in [-0.39, 0.29) is 24.3 Å². The molecule has 0 spiro atoms. The number of amides is 2. The SMILES string of the molecule is COc1ccccc1N1CC(C(=O)N(C)C(c2ccccc2)c2ccccn2)CC1=O. The maximum atomic E-state index is 13.5. The molecule has 2 aromatic carbocycles. The lowest BCUT2D eigenvalue weighted by Gasteiger charge is -2.30. The number of para-hydroxylation sites is 2. The van der Waals surface area contributed by atoms with Gasteiger partial charge in [-0.05, 0) is 29.8 Å². The minimum absolute atomic E-state index is 0.0784. The predicted octanol–water partition coefficient (Wildman–Crippen LogP) is 3.69. The summed E-state index contributed by atoms with van der Waals surface area (Å²) < 4.78 is 5.41. The van der Waals surface area contributed by atoms with Crippen molar-refractivity contribution < 1.29 is 14.3 Å². The summed E-state index contributed by atoms with van der Waals surface area (Å²) in [5.41, 5.74) is 2.45. The first kappa shape index (κ1) is 20.6. The summed E-state index contributed by atoms with van der Waals surface area (Å²) in [6.45, 7) is 0.326. The van der Waals surface area contributed by atoms with Crippen molar-refractivity contribution in [2.45, 2.75) is 12.5 Å². The summed E-state index contributed by atoms with van der Waals surface area (Å²) >= 11 is 0. The first-order valence-corrected chi connectivity index (χ1v) is 10.3. The highest BCUT2D eigenvalue weighted by Gasteiger charge is 2.39. The third-order valence-electron chi connectivity index (χ3n) is 5.67. The number of carbonyl (C=O) groups is 2. The van der Waals surface area contributed by atoms with Crippen LogP contribution in [-0.4, -0.2) is 42.4 Å². The Bertz CT molecular complexity index is 1020. The zero-order valence-electron chi connectivity index (χ0n) is 17.6. The number of carbonyl (C=O) groups excluding carboxylic acids is 2. The molecule has 1 aliphatic heterocycles. The minimum Gasteiger partial charge on any atom is -0.495 e. The van der Waals surface area contributed by atoms with Crippen molar-refractivity contribution in [3.63, 3.8) is 0 Å². The first-order chi connectivity index (χ1) is 15.1. The van der Waals surface area contributed by atoms with E-state index in [2.05, 4.69) is 4.98 Å². The van der Waals surface area contributed by atoms with E-state index in [4.69, 9.17) is 4.74 Å². The Morgan fingerprint density at radius 1 is 1.06 bits per heavy atom. The molecule has 2 heterocycles. The third kappa shape index (κ3) is 4.14. The van der Waals surface area contributed by atoms with E-state index in [9.17, 15) is 9.59 Å². The van der Waals surface area contributed by atoms with Crippen molar-refractivity contribution in [3.8, 4) is 5.75 Å². The Morgan fingerprint density at radius 2 is 1.77 bits per heavy atom. The first-order valence-electron chi connectivity index (χ1n) is 10.3. The summed E-state index contributed by atoms with van der Waals surface area (Å²) in [7, 11) is 3.36. The lowest BCUT2D eigenvalue weighted by Crippen LogP contribution is -2.38. The zero-order valence-corrected chi connectivity index (χ0v) is 17.6. The Kier molecular flexibility index (Phi) is 5.98. The van der Waals surface area contributed by atoms with E-state index < -0.39 is 5.92 Å². The highest BCUT2D eigenvalue weighted by atomic mass is 16.5. The molecule has 2 atom stereocenters. The maximum absolute atomic E-state index is 13.5. The molecule has 158 valence electrons. The monoisotopic (exact) mass is 415 g/mol. The van der Waals surface area contributed by atoms with Crippen molar-refractivity contribution in [2.24, 2.45) is 5.92 Å². The molecule has 6 nitrogen and oxygen atoms in total. The van der Waals surface area contributed by atoms with Gasteiger partial charge < -0.3 is 14.5 Å². The number of methoxy groups -OCH3 is 1. The highest BCUT2D eigenvalue weighted by molar-refractivity contribution is 6.01. The van der Waals surface area contributed by atoms with Gasteiger partial charge in [-0.2, -0.15) is 0 Å². The highest BCUT2D eigenvalue weighted by Crippen LogP contribution is 2.35. The molecule has 1 aliphatic rings. The molecule has 1 saturated heterocycles. The topological polar surface area (TPSA) is 62.7 Å². The number of hydrogen-bond donors (Lipinski definition) is 0. The van der Waals surface area contributed by atoms with Crippen LogP contribution < -0.4 is 9.64 Å². The van der Waals surface area contributed by atoms with Crippen LogP contribution in [0.15, 0.2) is 79.0 Å². The van der Waals surface area contributed by atoms with E-state index in [1.807, 2.05) is 72.8 Å². The van der Waals surface area contributed by atoms with Gasteiger partial charge in [-0.3, -0.25) is 14.6 Å². The van der Waals surface area contributed by atoms with E-state index in [1.165, 1.54) is 0 Å². The fourth-order valence-corrected chi connectivity index (χ4v) is 4.14. The second kappa shape index (κ2) is 9.00. The van der Waals surface area contributed by atoms with Gasteiger partial charge in [0.05, 0.1) is 30.5 Å². The molecule has 4 rings (SSSR count). The number of aromatic nitrogens is 1. The standard InChI is InChI=1S/C25H25N3O3/c1-27(24(18-10-4-3-5-11-18)20-12-8-9-15-26-20)25(30)19-16-23(29)28(17-19)21-13-6-7-14-22(21)31-2/h3-15,19,24H,16-17H2,1-2H3. The second-order valence-corrected chi connectivity index (χ2v) is 7.59. The molecule has 3 aromatic rings. The molecule has 1 aromatic heterocycles. The van der Waals surface area contributed by atoms with Gasteiger partial charge >= 0.3 is 0 Å². The lowest BCUT2D eigenvalue weighted by atomic mass is 9.99. The van der Waals surface area contributed by atoms with Gasteiger partial charge in [0.2, 0.25) is 11.8 Å². The van der Waals surface area contributed by atoms with Crippen molar-refractivity contribution >= 4 is 17.5 Å². The van der Waals surface area contributed by atoms with Gasteiger partial charge in [-0.15, -0.1) is 0 Å². The summed E-state index contributed by atoms with van der Waals surface area (Å²) in [5, 5.41) is 0. The van der Waals surface area contributed by atoms with Crippen molar-refractivity contribution in [1.82, 2.24) is 9.88 Å². The van der Waals surface area contributed by atoms with Crippen LogP contribution in [-0.2, 0) is 9.59 Å². The van der Waals surface area contributed by atoms with Gasteiger partial charge in [0.1, 0.15) is 5.75 Å². The Hall–Kier alpha value is -3.67. The molecule has 31 heavy (non-hydrogen) atoms. The number of nitrogens with zero attached hydrogens (tertiary/aromatic N) is 3. The van der Waals surface area contributed by atoms with Crippen LogP contribution >= 0.6 is 0 Å². The molecule has 6 heteroatoms. The summed E-state index contributed by atoms with van der Waals surface area (Å²) in [4.78, 5) is 34.1. The largest absolute Gasteiger partial charge is 0.495 e. The number of benzene rings is 2. The van der Waals surface area contributed by atoms with Crippen LogP contribution in [0.3, 0.4) is 0 Å². The number of rotatable bonds is 6. The molecule has 1 fully saturated rings. The lowest BCUT2D eigenvalue weighted by molar-refractivity contribution is -0.136. The molecule has 0 bridgehead atoms. The minimum atomic E-state index is -0.433. The van der Waals surface area contributed by atoms with Gasteiger partial charge in [-0.1, -0.05) is 48.5 Å². The van der Waals surface area contributed by atoms with Crippen LogP contribution in [0.25, 0.3) is 0 Å². The normalized spacial score (nSPS) is 16.8. The summed E-state index contributed by atoms with van der Waals surface area (Å²) in [6.07, 6.45) is 1.90. The van der Waals surface area contributed by atoms with Gasteiger partial charge in [0, 0.05) is 26.2 Å². The molecule has 0 radical (unpaired) electrons. The van der Waals surface area contributed by atoms with Crippen LogP contribution in [0.1, 0.15) is 23.7 Å². The van der Waals surface area contributed by atoms with Crippen LogP contribution in [0.4, 0.5) is 5.69 Å². The van der Waals surface area contributed by atoms with E-state index in [0.29, 0.717) is 18.0 Å². The Balaban J connectivity index is 1.60. The Labute approximate surface area is 182 Å². The molecular formula is C25H25N3O3. The zero-order chi connectivity index (χ0) is 21.8. The molecule has 0 N–H and O–H groups in total. The van der Waals surface area contributed by atoms with E-state index in [0.717, 1.165) is 11.3 Å². The van der Waals surface area contributed by atoms with Crippen LogP contribution in [0.2, 0.25) is 0 Å². The molecule has 2 unspecified atom stereocenters. The average molecular weight is 415 g/mol. The van der Waals surface area contributed by atoms with Crippen molar-refractivity contribution in [2.75, 3.05) is 25.6 Å². The van der Waals surface area contributed by atoms with Crippen LogP contribution in [0, 0.1) is 5.92 Å². The molecular weight excluding hydrogens is 390 g/mol.